The van der Waals surface area contributed by atoms with Gasteiger partial charge in [0.15, 0.2) is 0 Å². The van der Waals surface area contributed by atoms with Crippen LogP contribution in [0.5, 0.6) is 0 Å². The first-order valence-electron chi connectivity index (χ1n) is 7.28. The Morgan fingerprint density at radius 3 is 2.50 bits per heavy atom. The molecule has 1 aromatic carbocycles. The van der Waals surface area contributed by atoms with Crippen LogP contribution >= 0.6 is 11.6 Å². The van der Waals surface area contributed by atoms with Crippen molar-refractivity contribution in [3.05, 3.63) is 34.6 Å². The molecule has 0 amide bonds. The molecular formula is C16H25ClFNO. The van der Waals surface area contributed by atoms with Crippen LogP contribution in [0, 0.1) is 11.7 Å². The van der Waals surface area contributed by atoms with Crippen molar-refractivity contribution in [2.75, 3.05) is 13.2 Å². The summed E-state index contributed by atoms with van der Waals surface area (Å²) in [5.41, 5.74) is 0.934. The maximum atomic E-state index is 13.5. The van der Waals surface area contributed by atoms with Crippen molar-refractivity contribution < 1.29 is 9.13 Å². The molecule has 1 rings (SSSR count). The summed E-state index contributed by atoms with van der Waals surface area (Å²) in [5.74, 6) is 0.0352. The summed E-state index contributed by atoms with van der Waals surface area (Å²) in [6.45, 7) is 9.90. The second-order valence-electron chi connectivity index (χ2n) is 5.28. The number of likely N-dealkylation sites (N-methyl/N-ethyl adjacent to an activating group) is 1. The Morgan fingerprint density at radius 1 is 1.30 bits per heavy atom. The predicted octanol–water partition coefficient (Wildman–Crippen LogP) is 4.06. The molecule has 0 heterocycles. The molecule has 4 heteroatoms. The van der Waals surface area contributed by atoms with E-state index in [0.29, 0.717) is 12.5 Å². The van der Waals surface area contributed by atoms with Crippen LogP contribution in [-0.4, -0.2) is 25.3 Å². The van der Waals surface area contributed by atoms with Gasteiger partial charge in [0, 0.05) is 12.6 Å². The summed E-state index contributed by atoms with van der Waals surface area (Å²) < 4.78 is 19.4. The van der Waals surface area contributed by atoms with Crippen molar-refractivity contribution in [1.29, 1.82) is 0 Å². The maximum Gasteiger partial charge on any atom is 0.142 e. The van der Waals surface area contributed by atoms with Crippen molar-refractivity contribution >= 4 is 11.6 Å². The summed E-state index contributed by atoms with van der Waals surface area (Å²) in [6.07, 6.45) is 0.837. The van der Waals surface area contributed by atoms with Crippen LogP contribution < -0.4 is 5.32 Å². The molecular weight excluding hydrogens is 277 g/mol. The van der Waals surface area contributed by atoms with E-state index in [0.717, 1.165) is 18.5 Å². The van der Waals surface area contributed by atoms with Gasteiger partial charge in [-0.25, -0.2) is 4.39 Å². The fraction of sp³-hybridized carbons (Fsp3) is 0.625. The summed E-state index contributed by atoms with van der Waals surface area (Å²) >= 11 is 5.73. The summed E-state index contributed by atoms with van der Waals surface area (Å²) in [6, 6.07) is 5.16. The third-order valence-electron chi connectivity index (χ3n) is 3.32. The zero-order chi connectivity index (χ0) is 15.1. The average Bonchev–Trinajstić information content (AvgIpc) is 2.39. The molecule has 1 aromatic rings. The van der Waals surface area contributed by atoms with Crippen molar-refractivity contribution in [3.63, 3.8) is 0 Å². The fourth-order valence-corrected chi connectivity index (χ4v) is 2.57. The lowest BCUT2D eigenvalue weighted by atomic mass is 9.93. The lowest BCUT2D eigenvalue weighted by molar-refractivity contribution is 0.00394. The zero-order valence-corrected chi connectivity index (χ0v) is 13.5. The number of ether oxygens (including phenoxy) is 1. The monoisotopic (exact) mass is 301 g/mol. The second-order valence-corrected chi connectivity index (χ2v) is 5.69. The van der Waals surface area contributed by atoms with E-state index in [1.807, 2.05) is 13.0 Å². The Morgan fingerprint density at radius 2 is 2.00 bits per heavy atom. The van der Waals surface area contributed by atoms with Gasteiger partial charge in [-0.05, 0) is 43.5 Å². The van der Waals surface area contributed by atoms with E-state index in [1.165, 1.54) is 6.07 Å². The summed E-state index contributed by atoms with van der Waals surface area (Å²) in [7, 11) is 0. The highest BCUT2D eigenvalue weighted by molar-refractivity contribution is 6.30. The van der Waals surface area contributed by atoms with Crippen LogP contribution in [0.15, 0.2) is 18.2 Å². The fourth-order valence-electron chi connectivity index (χ4n) is 2.45. The molecule has 0 fully saturated rings. The molecule has 2 unspecified atom stereocenters. The molecule has 1 N–H and O–H groups in total. The number of nitrogens with one attached hydrogen (secondary N) is 1. The summed E-state index contributed by atoms with van der Waals surface area (Å²) in [4.78, 5) is 0. The van der Waals surface area contributed by atoms with Crippen molar-refractivity contribution in [2.24, 2.45) is 5.92 Å². The molecule has 0 saturated heterocycles. The third kappa shape index (κ3) is 5.04. The van der Waals surface area contributed by atoms with Crippen molar-refractivity contribution in [2.45, 2.75) is 46.3 Å². The lowest BCUT2D eigenvalue weighted by Gasteiger charge is -2.31. The minimum Gasteiger partial charge on any atom is -0.377 e. The van der Waals surface area contributed by atoms with E-state index in [-0.39, 0.29) is 23.0 Å². The highest BCUT2D eigenvalue weighted by Crippen LogP contribution is 2.20. The van der Waals surface area contributed by atoms with Crippen LogP contribution in [0.2, 0.25) is 5.02 Å². The normalized spacial score (nSPS) is 14.6. The van der Waals surface area contributed by atoms with Crippen LogP contribution in [0.3, 0.4) is 0 Å². The first kappa shape index (κ1) is 17.4. The number of halogens is 2. The number of benzene rings is 1. The van der Waals surface area contributed by atoms with Crippen LogP contribution in [0.25, 0.3) is 0 Å². The molecule has 0 radical (unpaired) electrons. The van der Waals surface area contributed by atoms with Crippen LogP contribution in [0.1, 0.15) is 33.3 Å². The standard InChI is InChI=1S/C16H25ClFNO/c1-5-19-15(16(11(3)4)20-6-2)10-12-7-8-13(17)14(18)9-12/h7-9,11,15-16,19H,5-6,10H2,1-4H3. The highest BCUT2D eigenvalue weighted by atomic mass is 35.5. The van der Waals surface area contributed by atoms with E-state index in [9.17, 15) is 4.39 Å². The smallest absolute Gasteiger partial charge is 0.142 e. The Kier molecular flexibility index (Phi) is 7.49. The van der Waals surface area contributed by atoms with E-state index < -0.39 is 0 Å². The number of hydrogen-bond donors (Lipinski definition) is 1. The SMILES string of the molecule is CCNC(Cc1ccc(Cl)c(F)c1)C(OCC)C(C)C. The Hall–Kier alpha value is -0.640. The predicted molar refractivity (Wildman–Crippen MR) is 82.8 cm³/mol. The Balaban J connectivity index is 2.86. The van der Waals surface area contributed by atoms with E-state index in [2.05, 4.69) is 26.1 Å². The van der Waals surface area contributed by atoms with Crippen molar-refractivity contribution in [3.8, 4) is 0 Å². The van der Waals surface area contributed by atoms with Gasteiger partial charge in [0.25, 0.3) is 0 Å². The largest absolute Gasteiger partial charge is 0.377 e. The van der Waals surface area contributed by atoms with Gasteiger partial charge in [-0.1, -0.05) is 38.4 Å². The zero-order valence-electron chi connectivity index (χ0n) is 12.7. The average molecular weight is 302 g/mol. The first-order chi connectivity index (χ1) is 9.49. The molecule has 0 aromatic heterocycles. The van der Waals surface area contributed by atoms with E-state index >= 15 is 0 Å². The van der Waals surface area contributed by atoms with Crippen LogP contribution in [0.4, 0.5) is 4.39 Å². The van der Waals surface area contributed by atoms with E-state index in [1.54, 1.807) is 6.07 Å². The number of rotatable bonds is 8. The second kappa shape index (κ2) is 8.60. The van der Waals surface area contributed by atoms with Crippen molar-refractivity contribution in [1.82, 2.24) is 5.32 Å². The van der Waals surface area contributed by atoms with Gasteiger partial charge in [-0.3, -0.25) is 0 Å². The Bertz CT molecular complexity index is 411. The summed E-state index contributed by atoms with van der Waals surface area (Å²) in [5, 5.41) is 3.62. The minimum atomic E-state index is -0.364. The van der Waals surface area contributed by atoms with E-state index in [4.69, 9.17) is 16.3 Å². The number of hydrogen-bond acceptors (Lipinski definition) is 2. The molecule has 0 aliphatic heterocycles. The molecule has 114 valence electrons. The molecule has 0 saturated carbocycles. The van der Waals surface area contributed by atoms with Gasteiger partial charge in [0.2, 0.25) is 0 Å². The molecule has 2 nitrogen and oxygen atoms in total. The highest BCUT2D eigenvalue weighted by Gasteiger charge is 2.24. The van der Waals surface area contributed by atoms with Gasteiger partial charge < -0.3 is 10.1 Å². The Labute approximate surface area is 126 Å². The topological polar surface area (TPSA) is 21.3 Å². The van der Waals surface area contributed by atoms with Gasteiger partial charge in [-0.15, -0.1) is 0 Å². The van der Waals surface area contributed by atoms with Gasteiger partial charge in [0.05, 0.1) is 11.1 Å². The lowest BCUT2D eigenvalue weighted by Crippen LogP contribution is -2.45. The van der Waals surface area contributed by atoms with Crippen LogP contribution in [-0.2, 0) is 11.2 Å². The maximum absolute atomic E-state index is 13.5. The first-order valence-corrected chi connectivity index (χ1v) is 7.66. The van der Waals surface area contributed by atoms with Gasteiger partial charge >= 0.3 is 0 Å². The molecule has 2 atom stereocenters. The molecule has 0 aliphatic carbocycles. The quantitative estimate of drug-likeness (QED) is 0.782. The molecule has 0 aliphatic rings. The molecule has 0 spiro atoms. The molecule has 20 heavy (non-hydrogen) atoms. The minimum absolute atomic E-state index is 0.110. The molecule has 0 bridgehead atoms. The van der Waals surface area contributed by atoms with Gasteiger partial charge in [-0.2, -0.15) is 0 Å². The van der Waals surface area contributed by atoms with Gasteiger partial charge in [0.1, 0.15) is 5.82 Å². The third-order valence-corrected chi connectivity index (χ3v) is 3.63.